The molecule has 10 nitrogen and oxygen atoms in total. The number of rotatable bonds is 4. The van der Waals surface area contributed by atoms with Crippen molar-refractivity contribution in [3.8, 4) is 0 Å². The third-order valence-electron chi connectivity index (χ3n) is 4.12. The number of non-ortho nitro benzene ring substituents is 1. The van der Waals surface area contributed by atoms with E-state index in [1.807, 2.05) is 0 Å². The smallest absolute Gasteiger partial charge is 0.274 e. The van der Waals surface area contributed by atoms with Crippen molar-refractivity contribution in [2.45, 2.75) is 11.8 Å². The number of nitro groups is 1. The number of aryl methyl sites for hydroxylation is 1. The minimum absolute atomic E-state index is 0.111. The first-order chi connectivity index (χ1) is 12.3. The van der Waals surface area contributed by atoms with Gasteiger partial charge in [0.1, 0.15) is 5.69 Å². The van der Waals surface area contributed by atoms with Crippen LogP contribution >= 0.6 is 0 Å². The van der Waals surface area contributed by atoms with Crippen LogP contribution in [-0.2, 0) is 10.0 Å². The highest BCUT2D eigenvalue weighted by Gasteiger charge is 2.31. The van der Waals surface area contributed by atoms with E-state index in [0.717, 1.165) is 11.8 Å². The van der Waals surface area contributed by atoms with E-state index in [-0.39, 0.29) is 48.4 Å². The Bertz CT molecular complexity index is 947. The van der Waals surface area contributed by atoms with Gasteiger partial charge in [-0.15, -0.1) is 0 Å². The van der Waals surface area contributed by atoms with Crippen molar-refractivity contribution in [1.82, 2.24) is 19.4 Å². The molecule has 0 saturated carbocycles. The van der Waals surface area contributed by atoms with Crippen LogP contribution < -0.4 is 0 Å². The minimum Gasteiger partial charge on any atom is -0.335 e. The standard InChI is InChI=1S/C15H17N5O5S/c1-11-9-14(17-16-11)15(21)18-5-7-19(8-6-18)26(24,25)13-4-2-3-12(10-13)20(22)23/h2-4,9-10H,5-8H2,1H3,(H,16,17). The molecule has 1 aliphatic heterocycles. The third-order valence-corrected chi connectivity index (χ3v) is 6.01. The van der Waals surface area contributed by atoms with E-state index in [1.165, 1.54) is 27.4 Å². The van der Waals surface area contributed by atoms with Gasteiger partial charge in [0, 0.05) is 44.0 Å². The molecule has 3 rings (SSSR count). The predicted octanol–water partition coefficient (Wildman–Crippen LogP) is 0.773. The number of nitrogens with one attached hydrogen (secondary N) is 1. The zero-order valence-electron chi connectivity index (χ0n) is 14.0. The zero-order valence-corrected chi connectivity index (χ0v) is 14.8. The summed E-state index contributed by atoms with van der Waals surface area (Å²) < 4.78 is 26.6. The lowest BCUT2D eigenvalue weighted by Crippen LogP contribution is -2.50. The minimum atomic E-state index is -3.86. The van der Waals surface area contributed by atoms with Crippen LogP contribution in [0.5, 0.6) is 0 Å². The lowest BCUT2D eigenvalue weighted by molar-refractivity contribution is -0.385. The number of benzene rings is 1. The molecule has 0 bridgehead atoms. The second-order valence-electron chi connectivity index (χ2n) is 5.89. The molecule has 1 aromatic carbocycles. The fourth-order valence-electron chi connectivity index (χ4n) is 2.73. The summed E-state index contributed by atoms with van der Waals surface area (Å²) in [5.74, 6) is -0.262. The van der Waals surface area contributed by atoms with Gasteiger partial charge in [-0.05, 0) is 19.1 Å². The molecule has 1 aromatic heterocycles. The zero-order chi connectivity index (χ0) is 18.9. The lowest BCUT2D eigenvalue weighted by Gasteiger charge is -2.33. The Balaban J connectivity index is 1.72. The van der Waals surface area contributed by atoms with Gasteiger partial charge in [-0.1, -0.05) is 6.07 Å². The topological polar surface area (TPSA) is 130 Å². The number of carbonyl (C=O) groups is 1. The molecule has 1 fully saturated rings. The molecule has 1 aliphatic rings. The van der Waals surface area contributed by atoms with E-state index in [0.29, 0.717) is 0 Å². The summed E-state index contributed by atoms with van der Waals surface area (Å²) in [6, 6.07) is 6.58. The number of carbonyl (C=O) groups excluding carboxylic acids is 1. The third kappa shape index (κ3) is 3.44. The van der Waals surface area contributed by atoms with Gasteiger partial charge in [0.25, 0.3) is 11.6 Å². The average molecular weight is 379 g/mol. The van der Waals surface area contributed by atoms with Gasteiger partial charge in [0.05, 0.1) is 9.82 Å². The van der Waals surface area contributed by atoms with E-state index in [4.69, 9.17) is 0 Å². The molecule has 0 unspecified atom stereocenters. The molecule has 0 atom stereocenters. The Morgan fingerprint density at radius 1 is 1.23 bits per heavy atom. The number of aromatic amines is 1. The molecule has 2 aromatic rings. The second-order valence-corrected chi connectivity index (χ2v) is 7.82. The van der Waals surface area contributed by atoms with Crippen molar-refractivity contribution < 1.29 is 18.1 Å². The van der Waals surface area contributed by atoms with Gasteiger partial charge >= 0.3 is 0 Å². The van der Waals surface area contributed by atoms with Crippen LogP contribution in [0.4, 0.5) is 5.69 Å². The maximum absolute atomic E-state index is 12.7. The van der Waals surface area contributed by atoms with Gasteiger partial charge in [0.2, 0.25) is 10.0 Å². The maximum atomic E-state index is 12.7. The molecule has 1 N–H and O–H groups in total. The van der Waals surface area contributed by atoms with Crippen LogP contribution in [0.3, 0.4) is 0 Å². The number of aromatic nitrogens is 2. The Morgan fingerprint density at radius 3 is 2.50 bits per heavy atom. The molecule has 1 amide bonds. The molecule has 0 radical (unpaired) electrons. The van der Waals surface area contributed by atoms with Crippen molar-refractivity contribution in [3.05, 3.63) is 51.8 Å². The monoisotopic (exact) mass is 379 g/mol. The largest absolute Gasteiger partial charge is 0.335 e. The first-order valence-electron chi connectivity index (χ1n) is 7.85. The van der Waals surface area contributed by atoms with Crippen molar-refractivity contribution in [2.24, 2.45) is 0 Å². The first-order valence-corrected chi connectivity index (χ1v) is 9.29. The lowest BCUT2D eigenvalue weighted by atomic mass is 10.3. The number of nitrogens with zero attached hydrogens (tertiary/aromatic N) is 4. The molecular formula is C15H17N5O5S. The summed E-state index contributed by atoms with van der Waals surface area (Å²) in [5, 5.41) is 17.5. The summed E-state index contributed by atoms with van der Waals surface area (Å²) in [6.45, 7) is 2.45. The summed E-state index contributed by atoms with van der Waals surface area (Å²) in [4.78, 5) is 24.0. The molecule has 138 valence electrons. The molecule has 2 heterocycles. The van der Waals surface area contributed by atoms with E-state index in [2.05, 4.69) is 10.2 Å². The molecule has 11 heteroatoms. The highest BCUT2D eigenvalue weighted by atomic mass is 32.2. The summed E-state index contributed by atoms with van der Waals surface area (Å²) >= 11 is 0. The van der Waals surface area contributed by atoms with E-state index < -0.39 is 14.9 Å². The van der Waals surface area contributed by atoms with Crippen molar-refractivity contribution in [1.29, 1.82) is 0 Å². The normalized spacial score (nSPS) is 15.8. The molecule has 1 saturated heterocycles. The fraction of sp³-hybridized carbons (Fsp3) is 0.333. The number of hydrogen-bond acceptors (Lipinski definition) is 6. The number of sulfonamides is 1. The van der Waals surface area contributed by atoms with Crippen LogP contribution in [0.1, 0.15) is 16.2 Å². The molecule has 0 spiro atoms. The molecular weight excluding hydrogens is 362 g/mol. The van der Waals surface area contributed by atoms with Gasteiger partial charge < -0.3 is 4.90 Å². The van der Waals surface area contributed by atoms with E-state index >= 15 is 0 Å². The van der Waals surface area contributed by atoms with E-state index in [9.17, 15) is 23.3 Å². The van der Waals surface area contributed by atoms with Crippen LogP contribution in [0.2, 0.25) is 0 Å². The summed E-state index contributed by atoms with van der Waals surface area (Å²) in [6.07, 6.45) is 0. The molecule has 0 aliphatic carbocycles. The maximum Gasteiger partial charge on any atom is 0.274 e. The predicted molar refractivity (Wildman–Crippen MR) is 91.1 cm³/mol. The van der Waals surface area contributed by atoms with Gasteiger partial charge in [0.15, 0.2) is 0 Å². The fourth-order valence-corrected chi connectivity index (χ4v) is 4.19. The van der Waals surface area contributed by atoms with Crippen molar-refractivity contribution in [3.63, 3.8) is 0 Å². The van der Waals surface area contributed by atoms with Gasteiger partial charge in [-0.25, -0.2) is 8.42 Å². The van der Waals surface area contributed by atoms with Crippen molar-refractivity contribution >= 4 is 21.6 Å². The SMILES string of the molecule is Cc1cc(C(=O)N2CCN(S(=O)(=O)c3cccc([N+](=O)[O-])c3)CC2)n[nH]1. The Labute approximate surface area is 149 Å². The molecule has 26 heavy (non-hydrogen) atoms. The number of H-pyrrole nitrogens is 1. The van der Waals surface area contributed by atoms with Crippen LogP contribution in [-0.4, -0.2) is 64.8 Å². The van der Waals surface area contributed by atoms with Gasteiger partial charge in [-0.2, -0.15) is 9.40 Å². The van der Waals surface area contributed by atoms with E-state index in [1.54, 1.807) is 13.0 Å². The highest BCUT2D eigenvalue weighted by molar-refractivity contribution is 7.89. The highest BCUT2D eigenvalue weighted by Crippen LogP contribution is 2.22. The quantitative estimate of drug-likeness (QED) is 0.617. The summed E-state index contributed by atoms with van der Waals surface area (Å²) in [7, 11) is -3.86. The van der Waals surface area contributed by atoms with Crippen LogP contribution in [0.25, 0.3) is 0 Å². The Hall–Kier alpha value is -2.79. The van der Waals surface area contributed by atoms with Crippen LogP contribution in [0.15, 0.2) is 35.2 Å². The van der Waals surface area contributed by atoms with Gasteiger partial charge in [-0.3, -0.25) is 20.0 Å². The number of nitro benzene ring substituents is 1. The average Bonchev–Trinajstić information content (AvgIpc) is 3.07. The Kier molecular flexibility index (Phi) is 4.74. The van der Waals surface area contributed by atoms with Crippen molar-refractivity contribution in [2.75, 3.05) is 26.2 Å². The summed E-state index contributed by atoms with van der Waals surface area (Å²) in [5.41, 5.74) is 0.770. The van der Waals surface area contributed by atoms with Crippen LogP contribution in [0, 0.1) is 17.0 Å². The number of hydrogen-bond donors (Lipinski definition) is 1. The number of piperazine rings is 1. The first kappa shape index (κ1) is 18.0. The second kappa shape index (κ2) is 6.84. The number of amides is 1. The Morgan fingerprint density at radius 2 is 1.92 bits per heavy atom.